The first-order valence-corrected chi connectivity index (χ1v) is 12.0. The molecule has 0 aliphatic heterocycles. The van der Waals surface area contributed by atoms with Gasteiger partial charge >= 0.3 is 40.9 Å². The van der Waals surface area contributed by atoms with E-state index in [1.807, 2.05) is 0 Å². The van der Waals surface area contributed by atoms with E-state index >= 15 is 0 Å². The van der Waals surface area contributed by atoms with Gasteiger partial charge < -0.3 is 0 Å². The molecular weight excluding hydrogens is 402 g/mol. The zero-order chi connectivity index (χ0) is 21.5. The van der Waals surface area contributed by atoms with E-state index in [2.05, 4.69) is 70.1 Å². The summed E-state index contributed by atoms with van der Waals surface area (Å²) in [7, 11) is 0.171. The molecule has 12 heteroatoms. The van der Waals surface area contributed by atoms with Gasteiger partial charge in [-0.05, 0) is 13.3 Å². The summed E-state index contributed by atoms with van der Waals surface area (Å²) in [6.07, 6.45) is 6.67. The third-order valence-corrected chi connectivity index (χ3v) is 7.12. The number of hydrogen-bond acceptors (Lipinski definition) is 4. The van der Waals surface area contributed by atoms with Crippen LogP contribution in [0.2, 0.25) is 0 Å². The second-order valence-corrected chi connectivity index (χ2v) is 12.3. The van der Waals surface area contributed by atoms with Crippen molar-refractivity contribution in [2.75, 3.05) is 42.3 Å². The van der Waals surface area contributed by atoms with Crippen molar-refractivity contribution in [3.8, 4) is 0 Å². The van der Waals surface area contributed by atoms with Crippen LogP contribution in [0.15, 0.2) is 0 Å². The summed E-state index contributed by atoms with van der Waals surface area (Å²) in [5.74, 6) is 0. The second-order valence-electron chi connectivity index (χ2n) is 6.78. The van der Waals surface area contributed by atoms with Gasteiger partial charge in [0.15, 0.2) is 0 Å². The van der Waals surface area contributed by atoms with Crippen molar-refractivity contribution in [2.45, 2.75) is 52.1 Å². The van der Waals surface area contributed by atoms with Crippen LogP contribution in [0, 0.1) is 0 Å². The van der Waals surface area contributed by atoms with Crippen molar-refractivity contribution < 1.29 is 29.7 Å². The van der Waals surface area contributed by atoms with Crippen LogP contribution in [-0.2, 0) is 4.52 Å². The first-order chi connectivity index (χ1) is 11.2. The number of nitrogens with zero attached hydrogens (tertiary/aromatic N) is 3. The van der Waals surface area contributed by atoms with E-state index < -0.39 is 15.8 Å². The van der Waals surface area contributed by atoms with E-state index in [1.54, 1.807) is 0 Å². The standard InChI is InChI=1S/C14H35N3OP.F6P/c1-9-10-11-12-13-14(2)18-19(15(3)4,16(5)6)17(7)8;1-7(2,3,4,5)6/h14H,9-13H2,1-8H3;/q+1;-1. The Labute approximate surface area is 154 Å². The molecule has 4 nitrogen and oxygen atoms in total. The summed E-state index contributed by atoms with van der Waals surface area (Å²) in [5, 5.41) is 0. The molecule has 0 aromatic heterocycles. The van der Waals surface area contributed by atoms with Crippen molar-refractivity contribution in [1.82, 2.24) is 14.0 Å². The van der Waals surface area contributed by atoms with Crippen molar-refractivity contribution in [3.63, 3.8) is 0 Å². The predicted octanol–water partition coefficient (Wildman–Crippen LogP) is 7.11. The molecule has 0 amide bonds. The summed E-state index contributed by atoms with van der Waals surface area (Å²) in [6.45, 7) is 4.46. The Morgan fingerprint density at radius 3 is 1.38 bits per heavy atom. The van der Waals surface area contributed by atoms with Gasteiger partial charge in [-0.1, -0.05) is 32.6 Å². The van der Waals surface area contributed by atoms with Crippen LogP contribution in [0.25, 0.3) is 0 Å². The van der Waals surface area contributed by atoms with Gasteiger partial charge in [0.05, 0.1) is 0 Å². The van der Waals surface area contributed by atoms with Crippen molar-refractivity contribution in [3.05, 3.63) is 0 Å². The minimum atomic E-state index is -10.7. The van der Waals surface area contributed by atoms with Gasteiger partial charge in [0.25, 0.3) is 0 Å². The average Bonchev–Trinajstić information content (AvgIpc) is 2.36. The second kappa shape index (κ2) is 9.66. The van der Waals surface area contributed by atoms with Crippen LogP contribution in [0.1, 0.15) is 46.0 Å². The molecule has 1 atom stereocenters. The molecule has 1 unspecified atom stereocenters. The first-order valence-electron chi connectivity index (χ1n) is 8.41. The van der Waals surface area contributed by atoms with Crippen LogP contribution < -0.4 is 0 Å². The molecule has 0 saturated carbocycles. The molecule has 0 aromatic rings. The van der Waals surface area contributed by atoms with Crippen molar-refractivity contribution >= 4 is 15.8 Å². The maximum atomic E-state index is 9.87. The fourth-order valence-corrected chi connectivity index (χ4v) is 5.81. The molecular formula is C14H35F6N3OP2. The quantitative estimate of drug-likeness (QED) is 0.206. The van der Waals surface area contributed by atoms with Gasteiger partial charge in [0, 0.05) is 42.3 Å². The molecule has 0 fully saturated rings. The average molecular weight is 437 g/mol. The van der Waals surface area contributed by atoms with Crippen LogP contribution in [0.3, 0.4) is 0 Å². The molecule has 0 aromatic carbocycles. The van der Waals surface area contributed by atoms with E-state index in [4.69, 9.17) is 4.52 Å². The zero-order valence-corrected chi connectivity index (χ0v) is 18.8. The number of unbranched alkanes of at least 4 members (excludes halogenated alkanes) is 3. The predicted molar refractivity (Wildman–Crippen MR) is 101 cm³/mol. The molecule has 0 heterocycles. The summed E-state index contributed by atoms with van der Waals surface area (Å²) in [5.41, 5.74) is 0. The SMILES string of the molecule is CCCCCCC(C)O[P+](N(C)C)(N(C)C)N(C)C.F[P-](F)(F)(F)(F)F. The fourth-order valence-electron chi connectivity index (χ4n) is 2.51. The Morgan fingerprint density at radius 2 is 1.12 bits per heavy atom. The molecule has 0 rings (SSSR count). The van der Waals surface area contributed by atoms with Crippen LogP contribution in [0.4, 0.5) is 25.2 Å². The summed E-state index contributed by atoms with van der Waals surface area (Å²) in [4.78, 5) is 0. The number of hydrogen-bond donors (Lipinski definition) is 0. The van der Waals surface area contributed by atoms with Gasteiger partial charge in [0.2, 0.25) is 0 Å². The van der Waals surface area contributed by atoms with E-state index in [0.29, 0.717) is 6.10 Å². The Balaban J connectivity index is 0. The summed E-state index contributed by atoms with van der Waals surface area (Å²) in [6, 6.07) is 0. The monoisotopic (exact) mass is 437 g/mol. The Bertz CT molecular complexity index is 371. The molecule has 0 aliphatic rings. The number of rotatable bonds is 10. The normalized spacial score (nSPS) is 17.0. The van der Waals surface area contributed by atoms with Gasteiger partial charge in [-0.15, -0.1) is 14.0 Å². The Morgan fingerprint density at radius 1 is 0.769 bits per heavy atom. The molecule has 0 spiro atoms. The summed E-state index contributed by atoms with van der Waals surface area (Å²) < 4.78 is 72.4. The molecule has 0 saturated heterocycles. The van der Waals surface area contributed by atoms with Crippen LogP contribution >= 0.6 is 15.8 Å². The summed E-state index contributed by atoms with van der Waals surface area (Å²) >= 11 is 0. The third-order valence-electron chi connectivity index (χ3n) is 3.35. The molecule has 0 aliphatic carbocycles. The third kappa shape index (κ3) is 15.3. The van der Waals surface area contributed by atoms with Crippen LogP contribution in [-0.4, -0.2) is 62.4 Å². The van der Waals surface area contributed by atoms with Gasteiger partial charge in [-0.2, -0.15) is 4.52 Å². The topological polar surface area (TPSA) is 19.0 Å². The molecule has 0 radical (unpaired) electrons. The first kappa shape index (κ1) is 28.5. The molecule has 0 N–H and O–H groups in total. The van der Waals surface area contributed by atoms with Gasteiger partial charge in [-0.25, -0.2) is 0 Å². The van der Waals surface area contributed by atoms with Crippen molar-refractivity contribution in [2.24, 2.45) is 0 Å². The van der Waals surface area contributed by atoms with E-state index in [0.717, 1.165) is 6.42 Å². The maximum absolute atomic E-state index is 10.7. The number of halogens is 6. The van der Waals surface area contributed by atoms with E-state index in [1.165, 1.54) is 25.7 Å². The molecule has 164 valence electrons. The fraction of sp³-hybridized carbons (Fsp3) is 1.00. The van der Waals surface area contributed by atoms with Crippen LogP contribution in [0.5, 0.6) is 0 Å². The van der Waals surface area contributed by atoms with E-state index in [9.17, 15) is 25.2 Å². The minimum absolute atomic E-state index is 0.303. The van der Waals surface area contributed by atoms with Gasteiger partial charge in [-0.3, -0.25) is 0 Å². The molecule has 0 bridgehead atoms. The zero-order valence-electron chi connectivity index (χ0n) is 17.0. The molecule has 26 heavy (non-hydrogen) atoms. The Hall–Kier alpha value is 0.280. The van der Waals surface area contributed by atoms with E-state index in [-0.39, 0.29) is 0 Å². The Kier molecular flexibility index (Phi) is 10.6. The van der Waals surface area contributed by atoms with Gasteiger partial charge in [0.1, 0.15) is 6.10 Å². The van der Waals surface area contributed by atoms with Crippen molar-refractivity contribution in [1.29, 1.82) is 0 Å².